The van der Waals surface area contributed by atoms with E-state index in [2.05, 4.69) is 26.5 Å². The minimum Gasteiger partial charge on any atom is -0.460 e. The molecule has 4 fully saturated rings. The first-order valence-electron chi connectivity index (χ1n) is 15.9. The third-order valence-electron chi connectivity index (χ3n) is 11.5. The van der Waals surface area contributed by atoms with Gasteiger partial charge in [0.15, 0.2) is 5.41 Å². The maximum atomic E-state index is 14.7. The molecule has 0 saturated heterocycles. The van der Waals surface area contributed by atoms with Gasteiger partial charge in [-0.2, -0.15) is 9.57 Å². The van der Waals surface area contributed by atoms with Gasteiger partial charge >= 0.3 is 5.97 Å². The molecule has 1 aromatic carbocycles. The summed E-state index contributed by atoms with van der Waals surface area (Å²) in [5.41, 5.74) is -1.90. The van der Waals surface area contributed by atoms with Crippen molar-refractivity contribution >= 4 is 16.0 Å². The minimum absolute atomic E-state index is 0.0147. The number of esters is 1. The second-order valence-corrected chi connectivity index (χ2v) is 15.7. The number of fused-ring (bicyclic) bond motifs is 2. The van der Waals surface area contributed by atoms with E-state index >= 15 is 0 Å². The first kappa shape index (κ1) is 30.3. The lowest BCUT2D eigenvalue weighted by Gasteiger charge is -2.46. The second kappa shape index (κ2) is 11.8. The van der Waals surface area contributed by atoms with E-state index in [4.69, 9.17) is 4.74 Å². The number of sulfonamides is 1. The molecule has 224 valence electrons. The first-order valence-corrected chi connectivity index (χ1v) is 17.5. The number of nitriles is 1. The Labute approximate surface area is 247 Å². The fourth-order valence-corrected chi connectivity index (χ4v) is 11.8. The molecule has 4 atom stereocenters. The molecule has 4 aliphatic carbocycles. The van der Waals surface area contributed by atoms with Crippen molar-refractivity contribution < 1.29 is 17.9 Å². The van der Waals surface area contributed by atoms with E-state index in [9.17, 15) is 18.5 Å². The van der Waals surface area contributed by atoms with Crippen LogP contribution in [0.15, 0.2) is 43.0 Å². The van der Waals surface area contributed by atoms with Gasteiger partial charge in [0.05, 0.1) is 11.8 Å². The minimum atomic E-state index is -3.63. The summed E-state index contributed by atoms with van der Waals surface area (Å²) in [5.74, 6) is -0.297. The lowest BCUT2D eigenvalue weighted by atomic mass is 9.69. The molecule has 0 aliphatic heterocycles. The average Bonchev–Trinajstić information content (AvgIpc) is 3.32. The summed E-state index contributed by atoms with van der Waals surface area (Å²) in [7, 11) is -3.63. The van der Waals surface area contributed by atoms with Crippen LogP contribution < -0.4 is 0 Å². The van der Waals surface area contributed by atoms with Crippen LogP contribution in [0.5, 0.6) is 0 Å². The van der Waals surface area contributed by atoms with Crippen LogP contribution in [-0.4, -0.2) is 42.6 Å². The molecule has 0 amide bonds. The second-order valence-electron chi connectivity index (χ2n) is 13.8. The van der Waals surface area contributed by atoms with Gasteiger partial charge in [-0.15, -0.1) is 6.58 Å². The van der Waals surface area contributed by atoms with Crippen LogP contribution in [-0.2, 0) is 25.0 Å². The summed E-state index contributed by atoms with van der Waals surface area (Å²) >= 11 is 0. The van der Waals surface area contributed by atoms with Crippen molar-refractivity contribution in [2.75, 3.05) is 5.75 Å². The fourth-order valence-electron chi connectivity index (χ4n) is 8.97. The Morgan fingerprint density at radius 2 is 1.63 bits per heavy atom. The molecule has 0 N–H and O–H groups in total. The molecular weight excluding hydrogens is 532 g/mol. The zero-order valence-electron chi connectivity index (χ0n) is 25.0. The number of ether oxygens (including phenoxy) is 1. The Kier molecular flexibility index (Phi) is 8.75. The van der Waals surface area contributed by atoms with Crippen molar-refractivity contribution in [2.45, 2.75) is 127 Å². The average molecular weight is 581 g/mol. The molecule has 4 aliphatic rings. The van der Waals surface area contributed by atoms with Gasteiger partial charge in [-0.05, 0) is 68.3 Å². The van der Waals surface area contributed by atoms with E-state index in [0.717, 1.165) is 64.2 Å². The molecule has 41 heavy (non-hydrogen) atoms. The zero-order valence-corrected chi connectivity index (χ0v) is 25.8. The number of carbonyl (C=O) groups excluding carboxylic acids is 1. The van der Waals surface area contributed by atoms with Crippen LogP contribution in [0, 0.1) is 28.1 Å². The predicted molar refractivity (Wildman–Crippen MR) is 161 cm³/mol. The van der Waals surface area contributed by atoms with Gasteiger partial charge in [0.2, 0.25) is 10.0 Å². The lowest BCUT2D eigenvalue weighted by molar-refractivity contribution is -0.161. The molecule has 1 aromatic rings. The maximum Gasteiger partial charge on any atom is 0.331 e. The van der Waals surface area contributed by atoms with Gasteiger partial charge in [-0.1, -0.05) is 88.8 Å². The van der Waals surface area contributed by atoms with E-state index in [1.807, 2.05) is 22.5 Å². The Hall–Kier alpha value is -2.17. The van der Waals surface area contributed by atoms with Gasteiger partial charge in [0.1, 0.15) is 6.10 Å². The van der Waals surface area contributed by atoms with E-state index in [0.29, 0.717) is 12.0 Å². The number of rotatable bonds is 10. The van der Waals surface area contributed by atoms with Gasteiger partial charge < -0.3 is 4.74 Å². The van der Waals surface area contributed by atoms with Crippen molar-refractivity contribution in [2.24, 2.45) is 16.7 Å². The largest absolute Gasteiger partial charge is 0.460 e. The Bertz CT molecular complexity index is 1230. The third kappa shape index (κ3) is 5.29. The van der Waals surface area contributed by atoms with Crippen molar-refractivity contribution in [1.82, 2.24) is 4.31 Å². The van der Waals surface area contributed by atoms with Crippen LogP contribution in [0.4, 0.5) is 0 Å². The highest BCUT2D eigenvalue weighted by molar-refractivity contribution is 7.89. The summed E-state index contributed by atoms with van der Waals surface area (Å²) < 4.78 is 37.7. The van der Waals surface area contributed by atoms with Crippen molar-refractivity contribution in [3.05, 3.63) is 48.6 Å². The lowest BCUT2D eigenvalue weighted by Crippen LogP contribution is -2.55. The number of allylic oxidation sites excluding steroid dienone is 1. The molecule has 0 spiro atoms. The summed E-state index contributed by atoms with van der Waals surface area (Å²) in [4.78, 5) is 14.0. The molecule has 0 heterocycles. The quantitative estimate of drug-likeness (QED) is 0.218. The van der Waals surface area contributed by atoms with Crippen LogP contribution in [0.1, 0.15) is 109 Å². The number of hydrogen-bond donors (Lipinski definition) is 0. The molecule has 0 radical (unpaired) electrons. The number of hydrogen-bond acceptors (Lipinski definition) is 5. The van der Waals surface area contributed by atoms with E-state index in [1.165, 1.54) is 12.8 Å². The molecule has 7 heteroatoms. The highest BCUT2D eigenvalue weighted by Crippen LogP contribution is 2.67. The molecule has 0 unspecified atom stereocenters. The normalized spacial score (nSPS) is 30.0. The van der Waals surface area contributed by atoms with Gasteiger partial charge in [0.25, 0.3) is 0 Å². The summed E-state index contributed by atoms with van der Waals surface area (Å²) in [5, 5.41) is 10.4. The number of nitrogens with zero attached hydrogens (tertiary/aromatic N) is 2. The number of carbonyl (C=O) groups is 1. The van der Waals surface area contributed by atoms with Crippen LogP contribution in [0.25, 0.3) is 0 Å². The highest BCUT2D eigenvalue weighted by Gasteiger charge is 2.68. The summed E-state index contributed by atoms with van der Waals surface area (Å²) in [6.45, 7) is 8.18. The standard InChI is InChI=1S/C34H48N2O4S/c1-4-21-33(24-35,26-14-8-5-9-15-26)31(37)40-30-23-27-20-22-34(30,32(27,2)3)25-41(38,39)36(28-16-10-6-11-17-28)29-18-12-7-13-19-29/h4-5,8-9,14-15,27-30H,1,6-7,10-13,16-23,25H2,2-3H3/t27-,30-,33-,34-/m1/s1. The van der Waals surface area contributed by atoms with Crippen LogP contribution >= 0.6 is 0 Å². The molecule has 2 bridgehead atoms. The smallest absolute Gasteiger partial charge is 0.331 e. The SMILES string of the molecule is C=CC[C@](C#N)(C(=O)O[C@@H]1C[C@H]2CC[C@]1(CS(=O)(=O)N(C1CCCCC1)C1CCCCC1)C2(C)C)c1ccccc1. The van der Waals surface area contributed by atoms with Crippen molar-refractivity contribution in [3.63, 3.8) is 0 Å². The van der Waals surface area contributed by atoms with Crippen LogP contribution in [0.3, 0.4) is 0 Å². The highest BCUT2D eigenvalue weighted by atomic mass is 32.2. The monoisotopic (exact) mass is 580 g/mol. The van der Waals surface area contributed by atoms with Gasteiger partial charge in [-0.25, -0.2) is 13.2 Å². The van der Waals surface area contributed by atoms with E-state index < -0.39 is 32.9 Å². The first-order chi connectivity index (χ1) is 19.6. The fraction of sp³-hybridized carbons (Fsp3) is 0.706. The van der Waals surface area contributed by atoms with Gasteiger partial charge in [-0.3, -0.25) is 0 Å². The Morgan fingerprint density at radius 3 is 2.15 bits per heavy atom. The van der Waals surface area contributed by atoms with Crippen molar-refractivity contribution in [1.29, 1.82) is 5.26 Å². The third-order valence-corrected chi connectivity index (χ3v) is 13.6. The maximum absolute atomic E-state index is 14.7. The van der Waals surface area contributed by atoms with E-state index in [-0.39, 0.29) is 35.6 Å². The zero-order chi connectivity index (χ0) is 29.3. The molecule has 0 aromatic heterocycles. The summed E-state index contributed by atoms with van der Waals surface area (Å²) in [6.07, 6.45) is 14.0. The van der Waals surface area contributed by atoms with Crippen LogP contribution in [0.2, 0.25) is 0 Å². The molecule has 4 saturated carbocycles. The predicted octanol–water partition coefficient (Wildman–Crippen LogP) is 7.06. The number of benzene rings is 1. The summed E-state index contributed by atoms with van der Waals surface area (Å²) in [6, 6.07) is 11.5. The van der Waals surface area contributed by atoms with Crippen molar-refractivity contribution in [3.8, 4) is 6.07 Å². The Morgan fingerprint density at radius 1 is 1.05 bits per heavy atom. The molecule has 5 rings (SSSR count). The van der Waals surface area contributed by atoms with E-state index in [1.54, 1.807) is 18.2 Å². The molecule has 6 nitrogen and oxygen atoms in total. The molecular formula is C34H48N2O4S. The van der Waals surface area contributed by atoms with Gasteiger partial charge in [0, 0.05) is 17.5 Å². The Balaban J connectivity index is 1.48. The topological polar surface area (TPSA) is 87.5 Å².